The molecule has 1 aromatic carbocycles. The molecule has 0 aliphatic carbocycles. The second kappa shape index (κ2) is 7.12. The molecule has 0 aliphatic heterocycles. The highest BCUT2D eigenvalue weighted by Crippen LogP contribution is 2.26. The Kier molecular flexibility index (Phi) is 4.95. The highest BCUT2D eigenvalue weighted by atomic mass is 35.5. The zero-order valence-electron chi connectivity index (χ0n) is 11.8. The predicted octanol–water partition coefficient (Wildman–Crippen LogP) is 3.84. The maximum atomic E-state index is 12.0. The lowest BCUT2D eigenvalue weighted by Gasteiger charge is -2.08. The molecule has 23 heavy (non-hydrogen) atoms. The Hall–Kier alpha value is -1.89. The molecule has 0 unspecified atom stereocenters. The number of halogens is 2. The molecule has 2 heterocycles. The van der Waals surface area contributed by atoms with Gasteiger partial charge in [0.2, 0.25) is 5.28 Å². The van der Waals surface area contributed by atoms with Gasteiger partial charge in [-0.15, -0.1) is 11.3 Å². The lowest BCUT2D eigenvalue weighted by Crippen LogP contribution is -2.28. The van der Waals surface area contributed by atoms with E-state index in [1.54, 1.807) is 24.3 Å². The molecular weight excluding hydrogens is 355 g/mol. The van der Waals surface area contributed by atoms with Crippen molar-refractivity contribution < 1.29 is 4.79 Å². The Morgan fingerprint density at radius 3 is 2.87 bits per heavy atom. The van der Waals surface area contributed by atoms with Crippen LogP contribution in [0.25, 0.3) is 10.2 Å². The Balaban J connectivity index is 1.57. The van der Waals surface area contributed by atoms with Crippen LogP contribution in [0.4, 0.5) is 5.82 Å². The minimum absolute atomic E-state index is 0.170. The highest BCUT2D eigenvalue weighted by molar-refractivity contribution is 7.17. The molecule has 0 saturated carbocycles. The summed E-state index contributed by atoms with van der Waals surface area (Å²) in [5.74, 6) is 0.503. The van der Waals surface area contributed by atoms with E-state index in [-0.39, 0.29) is 11.2 Å². The van der Waals surface area contributed by atoms with Gasteiger partial charge in [-0.05, 0) is 41.2 Å². The van der Waals surface area contributed by atoms with Crippen molar-refractivity contribution in [2.45, 2.75) is 0 Å². The van der Waals surface area contributed by atoms with Crippen LogP contribution in [0.15, 0.2) is 35.7 Å². The molecule has 2 N–H and O–H groups in total. The summed E-state index contributed by atoms with van der Waals surface area (Å²) in [6.45, 7) is 0.965. The van der Waals surface area contributed by atoms with E-state index >= 15 is 0 Å². The lowest BCUT2D eigenvalue weighted by atomic mass is 10.2. The molecule has 3 rings (SSSR count). The molecular formula is C15H12Cl2N4OS. The number of carbonyl (C=O) groups excluding carboxylic acids is 1. The normalized spacial score (nSPS) is 10.7. The SMILES string of the molecule is O=C(NCCNc1nc(Cl)nc2ccsc12)c1cccc(Cl)c1. The van der Waals surface area contributed by atoms with Crippen LogP contribution in [-0.2, 0) is 0 Å². The number of nitrogens with zero attached hydrogens (tertiary/aromatic N) is 2. The quantitative estimate of drug-likeness (QED) is 0.531. The number of hydrogen-bond donors (Lipinski definition) is 2. The Morgan fingerprint density at radius 2 is 2.04 bits per heavy atom. The van der Waals surface area contributed by atoms with Gasteiger partial charge in [-0.1, -0.05) is 17.7 Å². The number of fused-ring (bicyclic) bond motifs is 1. The summed E-state index contributed by atoms with van der Waals surface area (Å²) >= 11 is 13.3. The van der Waals surface area contributed by atoms with Crippen LogP contribution in [0.1, 0.15) is 10.4 Å². The van der Waals surface area contributed by atoms with Gasteiger partial charge >= 0.3 is 0 Å². The van der Waals surface area contributed by atoms with Crippen molar-refractivity contribution in [2.24, 2.45) is 0 Å². The molecule has 118 valence electrons. The number of rotatable bonds is 5. The summed E-state index contributed by atoms with van der Waals surface area (Å²) in [6, 6.07) is 8.70. The van der Waals surface area contributed by atoms with Gasteiger partial charge in [-0.3, -0.25) is 4.79 Å². The smallest absolute Gasteiger partial charge is 0.251 e. The summed E-state index contributed by atoms with van der Waals surface area (Å²) in [7, 11) is 0. The maximum absolute atomic E-state index is 12.0. The summed E-state index contributed by atoms with van der Waals surface area (Å²) in [5, 5.41) is 8.65. The molecule has 5 nitrogen and oxygen atoms in total. The molecule has 2 aromatic heterocycles. The van der Waals surface area contributed by atoms with E-state index in [9.17, 15) is 4.79 Å². The fourth-order valence-corrected chi connectivity index (χ4v) is 3.21. The molecule has 0 aliphatic rings. The molecule has 0 atom stereocenters. The van der Waals surface area contributed by atoms with Gasteiger partial charge in [0.15, 0.2) is 0 Å². The van der Waals surface area contributed by atoms with Crippen molar-refractivity contribution in [1.82, 2.24) is 15.3 Å². The topological polar surface area (TPSA) is 66.9 Å². The first-order valence-corrected chi connectivity index (χ1v) is 8.45. The van der Waals surface area contributed by atoms with E-state index in [1.807, 2.05) is 11.4 Å². The summed E-state index contributed by atoms with van der Waals surface area (Å²) in [5.41, 5.74) is 1.34. The number of nitrogens with one attached hydrogen (secondary N) is 2. The molecule has 8 heteroatoms. The van der Waals surface area contributed by atoms with E-state index in [1.165, 1.54) is 11.3 Å². The first-order chi connectivity index (χ1) is 11.1. The van der Waals surface area contributed by atoms with Crippen LogP contribution in [0.2, 0.25) is 10.3 Å². The van der Waals surface area contributed by atoms with Gasteiger partial charge < -0.3 is 10.6 Å². The molecule has 0 spiro atoms. The number of amides is 1. The summed E-state index contributed by atoms with van der Waals surface area (Å²) in [4.78, 5) is 20.3. The van der Waals surface area contributed by atoms with Crippen molar-refractivity contribution in [3.63, 3.8) is 0 Å². The first kappa shape index (κ1) is 16.0. The second-order valence-electron chi connectivity index (χ2n) is 4.67. The zero-order valence-corrected chi connectivity index (χ0v) is 14.2. The van der Waals surface area contributed by atoms with Crippen molar-refractivity contribution >= 4 is 56.5 Å². The summed E-state index contributed by atoms with van der Waals surface area (Å²) in [6.07, 6.45) is 0. The van der Waals surface area contributed by atoms with Crippen molar-refractivity contribution in [3.05, 3.63) is 51.6 Å². The van der Waals surface area contributed by atoms with E-state index in [0.29, 0.717) is 29.5 Å². The zero-order chi connectivity index (χ0) is 16.2. The largest absolute Gasteiger partial charge is 0.367 e. The standard InChI is InChI=1S/C15H12Cl2N4OS/c16-10-3-1-2-9(8-10)14(22)19-6-5-18-13-12-11(4-7-23-12)20-15(17)21-13/h1-4,7-8H,5-6H2,(H,19,22)(H,18,20,21). The monoisotopic (exact) mass is 366 g/mol. The van der Waals surface area contributed by atoms with Gasteiger partial charge in [0.1, 0.15) is 5.82 Å². The number of thiophene rings is 1. The van der Waals surface area contributed by atoms with Gasteiger partial charge in [0.25, 0.3) is 5.91 Å². The van der Waals surface area contributed by atoms with E-state index in [4.69, 9.17) is 23.2 Å². The first-order valence-electron chi connectivity index (χ1n) is 6.82. The average Bonchev–Trinajstić information content (AvgIpc) is 2.99. The third kappa shape index (κ3) is 3.90. The lowest BCUT2D eigenvalue weighted by molar-refractivity contribution is 0.0955. The van der Waals surface area contributed by atoms with Crippen LogP contribution in [0.3, 0.4) is 0 Å². The van der Waals surface area contributed by atoms with Gasteiger partial charge in [0, 0.05) is 23.7 Å². The highest BCUT2D eigenvalue weighted by Gasteiger charge is 2.08. The van der Waals surface area contributed by atoms with Gasteiger partial charge in [-0.2, -0.15) is 4.98 Å². The molecule has 0 fully saturated rings. The number of hydrogen-bond acceptors (Lipinski definition) is 5. The van der Waals surface area contributed by atoms with E-state index in [2.05, 4.69) is 20.6 Å². The Morgan fingerprint density at radius 1 is 1.17 bits per heavy atom. The Labute approximate surface area is 146 Å². The van der Waals surface area contributed by atoms with Gasteiger partial charge in [-0.25, -0.2) is 4.98 Å². The van der Waals surface area contributed by atoms with Crippen LogP contribution >= 0.6 is 34.5 Å². The van der Waals surface area contributed by atoms with Crippen molar-refractivity contribution in [1.29, 1.82) is 0 Å². The number of carbonyl (C=O) groups is 1. The van der Waals surface area contributed by atoms with Crippen LogP contribution in [-0.4, -0.2) is 29.0 Å². The number of aromatic nitrogens is 2. The van der Waals surface area contributed by atoms with E-state index in [0.717, 1.165) is 10.2 Å². The molecule has 0 radical (unpaired) electrons. The molecule has 0 bridgehead atoms. The molecule has 1 amide bonds. The molecule has 3 aromatic rings. The summed E-state index contributed by atoms with van der Waals surface area (Å²) < 4.78 is 0.940. The average molecular weight is 367 g/mol. The number of anilines is 1. The number of benzene rings is 1. The maximum Gasteiger partial charge on any atom is 0.251 e. The molecule has 0 saturated heterocycles. The predicted molar refractivity (Wildman–Crippen MR) is 94.7 cm³/mol. The third-order valence-corrected chi connectivity index (χ3v) is 4.38. The second-order valence-corrected chi connectivity index (χ2v) is 6.36. The Bertz CT molecular complexity index is 852. The third-order valence-electron chi connectivity index (χ3n) is 3.07. The van der Waals surface area contributed by atoms with Crippen LogP contribution < -0.4 is 10.6 Å². The van der Waals surface area contributed by atoms with Crippen LogP contribution in [0, 0.1) is 0 Å². The van der Waals surface area contributed by atoms with Crippen LogP contribution in [0.5, 0.6) is 0 Å². The fraction of sp³-hybridized carbons (Fsp3) is 0.133. The van der Waals surface area contributed by atoms with Gasteiger partial charge in [0.05, 0.1) is 10.2 Å². The minimum atomic E-state index is -0.170. The fourth-order valence-electron chi connectivity index (χ4n) is 2.04. The minimum Gasteiger partial charge on any atom is -0.367 e. The van der Waals surface area contributed by atoms with Crippen molar-refractivity contribution in [2.75, 3.05) is 18.4 Å². The van der Waals surface area contributed by atoms with E-state index < -0.39 is 0 Å². The van der Waals surface area contributed by atoms with Crippen molar-refractivity contribution in [3.8, 4) is 0 Å².